The number of para-hydroxylation sites is 1. The zero-order valence-electron chi connectivity index (χ0n) is 11.5. The van der Waals surface area contributed by atoms with Gasteiger partial charge in [-0.25, -0.2) is 0 Å². The van der Waals surface area contributed by atoms with Crippen LogP contribution in [0.4, 0.5) is 13.2 Å². The van der Waals surface area contributed by atoms with Crippen molar-refractivity contribution in [3.63, 3.8) is 0 Å². The van der Waals surface area contributed by atoms with E-state index in [2.05, 4.69) is 10.1 Å². The molecule has 0 spiro atoms. The molecule has 0 aliphatic rings. The van der Waals surface area contributed by atoms with Crippen LogP contribution in [0.25, 0.3) is 11.0 Å². The number of furan rings is 1. The Morgan fingerprint density at radius 2 is 2.10 bits per heavy atom. The molecule has 4 nitrogen and oxygen atoms in total. The van der Waals surface area contributed by atoms with Gasteiger partial charge in [0, 0.05) is 11.9 Å². The Labute approximate surface area is 119 Å². The number of hydrogen-bond acceptors (Lipinski definition) is 4. The van der Waals surface area contributed by atoms with E-state index in [0.717, 1.165) is 5.39 Å². The lowest BCUT2D eigenvalue weighted by Crippen LogP contribution is -2.23. The average Bonchev–Trinajstić information content (AvgIpc) is 2.84. The summed E-state index contributed by atoms with van der Waals surface area (Å²) < 4.78 is 50.9. The molecule has 0 aliphatic heterocycles. The molecular formula is C14H16F3NO3. The van der Waals surface area contributed by atoms with Crippen molar-refractivity contribution >= 4 is 11.0 Å². The molecule has 0 saturated carbocycles. The number of alkyl halides is 3. The molecule has 1 N–H and O–H groups in total. The predicted molar refractivity (Wildman–Crippen MR) is 71.3 cm³/mol. The van der Waals surface area contributed by atoms with E-state index in [9.17, 15) is 13.2 Å². The topological polar surface area (TPSA) is 43.6 Å². The maximum atomic E-state index is 11.8. The van der Waals surface area contributed by atoms with Crippen molar-refractivity contribution in [2.24, 2.45) is 0 Å². The molecule has 0 radical (unpaired) electrons. The number of ether oxygens (including phenoxy) is 2. The monoisotopic (exact) mass is 303 g/mol. The Balaban J connectivity index is 1.79. The van der Waals surface area contributed by atoms with E-state index in [4.69, 9.17) is 9.15 Å². The minimum absolute atomic E-state index is 0.0109. The van der Waals surface area contributed by atoms with Crippen molar-refractivity contribution in [2.45, 2.75) is 12.7 Å². The molecule has 1 aromatic carbocycles. The highest BCUT2D eigenvalue weighted by Crippen LogP contribution is 2.28. The van der Waals surface area contributed by atoms with Gasteiger partial charge in [0.05, 0.1) is 20.3 Å². The summed E-state index contributed by atoms with van der Waals surface area (Å²) in [6, 6.07) is 7.42. The van der Waals surface area contributed by atoms with Gasteiger partial charge in [0.25, 0.3) is 0 Å². The van der Waals surface area contributed by atoms with Crippen molar-refractivity contribution in [2.75, 3.05) is 26.9 Å². The highest BCUT2D eigenvalue weighted by molar-refractivity contribution is 5.83. The summed E-state index contributed by atoms with van der Waals surface area (Å²) in [6.45, 7) is -0.517. The SMILES string of the molecule is COc1cccc2cc(CNCCOCC(F)(F)F)oc12. The van der Waals surface area contributed by atoms with Crippen LogP contribution in [0.1, 0.15) is 5.76 Å². The number of nitrogens with one attached hydrogen (secondary N) is 1. The van der Waals surface area contributed by atoms with Gasteiger partial charge in [-0.2, -0.15) is 13.2 Å². The minimum Gasteiger partial charge on any atom is -0.493 e. The standard InChI is InChI=1S/C14H16F3NO3/c1-19-12-4-2-3-10-7-11(21-13(10)12)8-18-5-6-20-9-14(15,16)17/h2-4,7,18H,5-6,8-9H2,1H3. The Morgan fingerprint density at radius 3 is 2.81 bits per heavy atom. The van der Waals surface area contributed by atoms with Crippen LogP contribution < -0.4 is 10.1 Å². The summed E-state index contributed by atoms with van der Waals surface area (Å²) in [6.07, 6.45) is -4.28. The third kappa shape index (κ3) is 4.64. The van der Waals surface area contributed by atoms with E-state index < -0.39 is 12.8 Å². The molecule has 0 fully saturated rings. The summed E-state index contributed by atoms with van der Waals surface area (Å²) in [4.78, 5) is 0. The van der Waals surface area contributed by atoms with Crippen LogP contribution in [0.5, 0.6) is 5.75 Å². The van der Waals surface area contributed by atoms with E-state index in [0.29, 0.717) is 30.2 Å². The molecule has 1 aromatic heterocycles. The fraction of sp³-hybridized carbons (Fsp3) is 0.429. The molecule has 2 aromatic rings. The van der Waals surface area contributed by atoms with Gasteiger partial charge in [-0.05, 0) is 12.1 Å². The van der Waals surface area contributed by atoms with E-state index in [-0.39, 0.29) is 6.61 Å². The number of benzene rings is 1. The molecule has 0 saturated heterocycles. The first-order valence-electron chi connectivity index (χ1n) is 6.40. The van der Waals surface area contributed by atoms with Gasteiger partial charge in [-0.15, -0.1) is 0 Å². The number of fused-ring (bicyclic) bond motifs is 1. The second-order valence-corrected chi connectivity index (χ2v) is 4.44. The third-order valence-corrected chi connectivity index (χ3v) is 2.77. The Kier molecular flexibility index (Phi) is 5.08. The largest absolute Gasteiger partial charge is 0.493 e. The maximum Gasteiger partial charge on any atom is 0.411 e. The molecule has 0 atom stereocenters. The number of hydrogen-bond donors (Lipinski definition) is 1. The van der Waals surface area contributed by atoms with Crippen molar-refractivity contribution in [1.29, 1.82) is 0 Å². The fourth-order valence-corrected chi connectivity index (χ4v) is 1.88. The summed E-state index contributed by atoms with van der Waals surface area (Å²) in [5.41, 5.74) is 0.658. The second kappa shape index (κ2) is 6.82. The van der Waals surface area contributed by atoms with Crippen LogP contribution in [-0.4, -0.2) is 33.0 Å². The molecule has 0 bridgehead atoms. The van der Waals surface area contributed by atoms with Crippen molar-refractivity contribution in [3.8, 4) is 5.75 Å². The quantitative estimate of drug-likeness (QED) is 0.798. The van der Waals surface area contributed by atoms with Gasteiger partial charge < -0.3 is 19.2 Å². The van der Waals surface area contributed by atoms with E-state index in [1.165, 1.54) is 0 Å². The number of halogens is 3. The van der Waals surface area contributed by atoms with Gasteiger partial charge in [-0.3, -0.25) is 0 Å². The van der Waals surface area contributed by atoms with Gasteiger partial charge >= 0.3 is 6.18 Å². The Bertz CT molecular complexity index is 580. The van der Waals surface area contributed by atoms with Gasteiger partial charge in [0.2, 0.25) is 0 Å². The minimum atomic E-state index is -4.28. The lowest BCUT2D eigenvalue weighted by molar-refractivity contribution is -0.173. The molecule has 2 rings (SSSR count). The van der Waals surface area contributed by atoms with Crippen LogP contribution in [0.2, 0.25) is 0 Å². The predicted octanol–water partition coefficient (Wildman–Crippen LogP) is 3.11. The lowest BCUT2D eigenvalue weighted by atomic mass is 10.2. The summed E-state index contributed by atoms with van der Waals surface area (Å²) in [5.74, 6) is 1.33. The molecular weight excluding hydrogens is 287 g/mol. The lowest BCUT2D eigenvalue weighted by Gasteiger charge is -2.07. The summed E-state index contributed by atoms with van der Waals surface area (Å²) in [7, 11) is 1.56. The molecule has 0 amide bonds. The molecule has 7 heteroatoms. The first-order chi connectivity index (χ1) is 9.99. The maximum absolute atomic E-state index is 11.8. The fourth-order valence-electron chi connectivity index (χ4n) is 1.88. The highest BCUT2D eigenvalue weighted by Gasteiger charge is 2.27. The van der Waals surface area contributed by atoms with Gasteiger partial charge in [0.1, 0.15) is 12.4 Å². The smallest absolute Gasteiger partial charge is 0.411 e. The van der Waals surface area contributed by atoms with Gasteiger partial charge in [-0.1, -0.05) is 12.1 Å². The van der Waals surface area contributed by atoms with Crippen molar-refractivity contribution < 1.29 is 27.1 Å². The van der Waals surface area contributed by atoms with E-state index in [1.54, 1.807) is 13.2 Å². The summed E-state index contributed by atoms with van der Waals surface area (Å²) >= 11 is 0. The molecule has 0 aliphatic carbocycles. The third-order valence-electron chi connectivity index (χ3n) is 2.77. The Morgan fingerprint density at radius 1 is 1.29 bits per heavy atom. The van der Waals surface area contributed by atoms with Crippen LogP contribution in [0.15, 0.2) is 28.7 Å². The summed E-state index contributed by atoms with van der Waals surface area (Å²) in [5, 5.41) is 3.88. The van der Waals surface area contributed by atoms with Crippen LogP contribution in [-0.2, 0) is 11.3 Å². The number of rotatable bonds is 7. The average molecular weight is 303 g/mol. The van der Waals surface area contributed by atoms with Gasteiger partial charge in [0.15, 0.2) is 11.3 Å². The normalized spacial score (nSPS) is 12.0. The Hall–Kier alpha value is -1.73. The van der Waals surface area contributed by atoms with Crippen LogP contribution in [0, 0.1) is 0 Å². The zero-order chi connectivity index (χ0) is 15.3. The number of methoxy groups -OCH3 is 1. The highest BCUT2D eigenvalue weighted by atomic mass is 19.4. The van der Waals surface area contributed by atoms with E-state index in [1.807, 2.05) is 18.2 Å². The molecule has 1 heterocycles. The first-order valence-corrected chi connectivity index (χ1v) is 6.40. The second-order valence-electron chi connectivity index (χ2n) is 4.44. The van der Waals surface area contributed by atoms with Crippen LogP contribution >= 0.6 is 0 Å². The van der Waals surface area contributed by atoms with E-state index >= 15 is 0 Å². The van der Waals surface area contributed by atoms with Crippen molar-refractivity contribution in [1.82, 2.24) is 5.32 Å². The van der Waals surface area contributed by atoms with Crippen LogP contribution in [0.3, 0.4) is 0 Å². The molecule has 0 unspecified atom stereocenters. The molecule has 116 valence electrons. The molecule has 21 heavy (non-hydrogen) atoms. The first kappa shape index (κ1) is 15.7. The van der Waals surface area contributed by atoms with Crippen molar-refractivity contribution in [3.05, 3.63) is 30.0 Å². The zero-order valence-corrected chi connectivity index (χ0v) is 11.5.